The van der Waals surface area contributed by atoms with E-state index >= 15 is 0 Å². The van der Waals surface area contributed by atoms with Crippen LogP contribution in [-0.4, -0.2) is 36.5 Å². The van der Waals surface area contributed by atoms with Crippen LogP contribution in [0.15, 0.2) is 42.5 Å². The van der Waals surface area contributed by atoms with Crippen molar-refractivity contribution in [3.05, 3.63) is 59.2 Å². The largest absolute Gasteiger partial charge is 0.354 e. The van der Waals surface area contributed by atoms with Gasteiger partial charge in [-0.3, -0.25) is 9.59 Å². The summed E-state index contributed by atoms with van der Waals surface area (Å²) in [5, 5.41) is 2.95. The number of nitrogens with zero attached hydrogens (tertiary/aromatic N) is 2. The second kappa shape index (κ2) is 7.06. The second-order valence-electron chi connectivity index (χ2n) is 7.32. The number of piperidine rings is 1. The van der Waals surface area contributed by atoms with Gasteiger partial charge in [-0.1, -0.05) is 19.1 Å². The molecule has 2 aliphatic rings. The summed E-state index contributed by atoms with van der Waals surface area (Å²) in [6, 6.07) is 13.3. The van der Waals surface area contributed by atoms with Gasteiger partial charge in [0, 0.05) is 24.8 Å². The lowest BCUT2D eigenvalue weighted by atomic mass is 9.97. The van der Waals surface area contributed by atoms with Crippen LogP contribution in [-0.2, 0) is 6.42 Å². The van der Waals surface area contributed by atoms with Crippen LogP contribution in [0.2, 0.25) is 0 Å². The molecule has 0 aliphatic carbocycles. The molecule has 140 valence electrons. The molecule has 0 bridgehead atoms. The molecular weight excluding hydrogens is 338 g/mol. The van der Waals surface area contributed by atoms with Gasteiger partial charge >= 0.3 is 0 Å². The number of amides is 2. The summed E-state index contributed by atoms with van der Waals surface area (Å²) in [5.41, 5.74) is 4.10. The number of aryl methyl sites for hydroxylation is 1. The first-order valence-corrected chi connectivity index (χ1v) is 9.66. The van der Waals surface area contributed by atoms with Crippen LogP contribution in [0, 0.1) is 0 Å². The Bertz CT molecular complexity index is 876. The first-order chi connectivity index (χ1) is 13.1. The van der Waals surface area contributed by atoms with E-state index < -0.39 is 0 Å². The maximum Gasteiger partial charge on any atom is 0.257 e. The summed E-state index contributed by atoms with van der Waals surface area (Å²) in [4.78, 5) is 29.6. The van der Waals surface area contributed by atoms with E-state index in [1.165, 1.54) is 5.56 Å². The Morgan fingerprint density at radius 2 is 1.93 bits per heavy atom. The lowest BCUT2D eigenvalue weighted by Gasteiger charge is -2.46. The highest BCUT2D eigenvalue weighted by Crippen LogP contribution is 2.34. The lowest BCUT2D eigenvalue weighted by molar-refractivity contribution is 0.0589. The first kappa shape index (κ1) is 17.6. The lowest BCUT2D eigenvalue weighted by Crippen LogP contribution is -2.55. The third-order valence-corrected chi connectivity index (χ3v) is 5.67. The Balaban J connectivity index is 1.59. The summed E-state index contributed by atoms with van der Waals surface area (Å²) in [6.45, 7) is 2.91. The minimum Gasteiger partial charge on any atom is -0.354 e. The van der Waals surface area contributed by atoms with Crippen LogP contribution in [0.5, 0.6) is 0 Å². The van der Waals surface area contributed by atoms with Crippen molar-refractivity contribution >= 4 is 23.2 Å². The second-order valence-corrected chi connectivity index (χ2v) is 7.32. The molecule has 27 heavy (non-hydrogen) atoms. The SMILES string of the molecule is CCc1ccc(NC(=O)c2ccc3c(c2)N(C)[C@H]2CCCCN2C3=O)cc1. The third-order valence-electron chi connectivity index (χ3n) is 5.67. The molecule has 5 heteroatoms. The van der Waals surface area contributed by atoms with Gasteiger partial charge < -0.3 is 15.1 Å². The minimum absolute atomic E-state index is 0.0786. The minimum atomic E-state index is -0.158. The molecular formula is C22H25N3O2. The van der Waals surface area contributed by atoms with E-state index in [1.807, 2.05) is 42.3 Å². The molecule has 1 saturated heterocycles. The number of hydrogen-bond donors (Lipinski definition) is 1. The zero-order valence-corrected chi connectivity index (χ0v) is 15.9. The predicted octanol–water partition coefficient (Wildman–Crippen LogP) is 3.90. The number of benzene rings is 2. The van der Waals surface area contributed by atoms with Gasteiger partial charge in [-0.15, -0.1) is 0 Å². The Kier molecular flexibility index (Phi) is 4.60. The molecule has 0 saturated carbocycles. The summed E-state index contributed by atoms with van der Waals surface area (Å²) >= 11 is 0. The zero-order chi connectivity index (χ0) is 19.0. The number of fused-ring (bicyclic) bond motifs is 2. The number of nitrogens with one attached hydrogen (secondary N) is 1. The average Bonchev–Trinajstić information content (AvgIpc) is 2.72. The van der Waals surface area contributed by atoms with Crippen molar-refractivity contribution in [2.75, 3.05) is 23.8 Å². The van der Waals surface area contributed by atoms with Crippen molar-refractivity contribution in [1.29, 1.82) is 0 Å². The van der Waals surface area contributed by atoms with E-state index in [2.05, 4.69) is 17.1 Å². The van der Waals surface area contributed by atoms with E-state index in [0.717, 1.165) is 43.6 Å². The van der Waals surface area contributed by atoms with Gasteiger partial charge in [0.25, 0.3) is 11.8 Å². The molecule has 5 nitrogen and oxygen atoms in total. The normalized spacial score (nSPS) is 18.7. The fraction of sp³-hybridized carbons (Fsp3) is 0.364. The average molecular weight is 363 g/mol. The van der Waals surface area contributed by atoms with E-state index in [4.69, 9.17) is 0 Å². The zero-order valence-electron chi connectivity index (χ0n) is 15.9. The number of carbonyl (C=O) groups is 2. The Morgan fingerprint density at radius 3 is 2.67 bits per heavy atom. The smallest absolute Gasteiger partial charge is 0.257 e. The maximum absolute atomic E-state index is 12.8. The molecule has 4 rings (SSSR count). The van der Waals surface area contributed by atoms with Crippen LogP contribution in [0.4, 0.5) is 11.4 Å². The predicted molar refractivity (Wildman–Crippen MR) is 107 cm³/mol. The first-order valence-electron chi connectivity index (χ1n) is 9.66. The number of hydrogen-bond acceptors (Lipinski definition) is 3. The Hall–Kier alpha value is -2.82. The highest BCUT2D eigenvalue weighted by Gasteiger charge is 2.37. The highest BCUT2D eigenvalue weighted by molar-refractivity contribution is 6.08. The van der Waals surface area contributed by atoms with E-state index in [9.17, 15) is 9.59 Å². The Labute approximate surface area is 160 Å². The van der Waals surface area contributed by atoms with Crippen LogP contribution < -0.4 is 10.2 Å². The van der Waals surface area contributed by atoms with Gasteiger partial charge in [0.05, 0.1) is 11.3 Å². The summed E-state index contributed by atoms with van der Waals surface area (Å²) in [5.74, 6) is -0.0797. The molecule has 0 aromatic heterocycles. The van der Waals surface area contributed by atoms with E-state index in [1.54, 1.807) is 12.1 Å². The van der Waals surface area contributed by atoms with Crippen LogP contribution >= 0.6 is 0 Å². The van der Waals surface area contributed by atoms with Gasteiger partial charge in [-0.2, -0.15) is 0 Å². The van der Waals surface area contributed by atoms with Crippen molar-refractivity contribution in [1.82, 2.24) is 4.90 Å². The number of anilines is 2. The van der Waals surface area contributed by atoms with Gasteiger partial charge in [-0.05, 0) is 61.6 Å². The molecule has 0 spiro atoms. The van der Waals surface area contributed by atoms with E-state index in [-0.39, 0.29) is 18.0 Å². The monoisotopic (exact) mass is 363 g/mol. The van der Waals surface area contributed by atoms with Crippen molar-refractivity contribution in [2.45, 2.75) is 38.8 Å². The summed E-state index contributed by atoms with van der Waals surface area (Å²) < 4.78 is 0. The van der Waals surface area contributed by atoms with Crippen LogP contribution in [0.25, 0.3) is 0 Å². The number of rotatable bonds is 3. The molecule has 1 fully saturated rings. The fourth-order valence-electron chi connectivity index (χ4n) is 4.04. The topological polar surface area (TPSA) is 52.7 Å². The third kappa shape index (κ3) is 3.18. The van der Waals surface area contributed by atoms with Gasteiger partial charge in [0.15, 0.2) is 0 Å². The molecule has 2 heterocycles. The quantitative estimate of drug-likeness (QED) is 0.900. The molecule has 2 aromatic carbocycles. The van der Waals surface area contributed by atoms with E-state index in [0.29, 0.717) is 11.1 Å². The van der Waals surface area contributed by atoms with Crippen molar-refractivity contribution < 1.29 is 9.59 Å². The standard InChI is InChI=1S/C22H25N3O2/c1-3-15-7-10-17(11-8-15)23-21(26)16-9-12-18-19(14-16)24(2)20-6-4-5-13-25(20)22(18)27/h7-12,14,20H,3-6,13H2,1-2H3,(H,23,26)/t20-/m1/s1. The molecule has 1 atom stereocenters. The molecule has 1 N–H and O–H groups in total. The van der Waals surface area contributed by atoms with Crippen molar-refractivity contribution in [3.8, 4) is 0 Å². The molecule has 2 aromatic rings. The van der Waals surface area contributed by atoms with Gasteiger partial charge in [-0.25, -0.2) is 0 Å². The Morgan fingerprint density at radius 1 is 1.15 bits per heavy atom. The maximum atomic E-state index is 12.8. The van der Waals surface area contributed by atoms with Gasteiger partial charge in [0.1, 0.15) is 6.17 Å². The molecule has 0 unspecified atom stereocenters. The highest BCUT2D eigenvalue weighted by atomic mass is 16.2. The van der Waals surface area contributed by atoms with Crippen molar-refractivity contribution in [3.63, 3.8) is 0 Å². The molecule has 2 amide bonds. The summed E-state index contributed by atoms with van der Waals surface area (Å²) in [6.07, 6.45) is 4.23. The molecule has 0 radical (unpaired) electrons. The number of carbonyl (C=O) groups excluding carboxylic acids is 2. The fourth-order valence-corrected chi connectivity index (χ4v) is 4.04. The summed E-state index contributed by atoms with van der Waals surface area (Å²) in [7, 11) is 2.01. The van der Waals surface area contributed by atoms with Crippen LogP contribution in [0.1, 0.15) is 52.5 Å². The van der Waals surface area contributed by atoms with Gasteiger partial charge in [0.2, 0.25) is 0 Å². The molecule has 2 aliphatic heterocycles. The van der Waals surface area contributed by atoms with Crippen LogP contribution in [0.3, 0.4) is 0 Å². The van der Waals surface area contributed by atoms with Crippen molar-refractivity contribution in [2.24, 2.45) is 0 Å².